The topological polar surface area (TPSA) is 89.7 Å². The van der Waals surface area contributed by atoms with Crippen molar-refractivity contribution in [2.24, 2.45) is 0 Å². The van der Waals surface area contributed by atoms with Crippen LogP contribution in [0.3, 0.4) is 0 Å². The molecule has 1 amide bonds. The smallest absolute Gasteiger partial charge is 0.407 e. The second kappa shape index (κ2) is 10.5. The van der Waals surface area contributed by atoms with Crippen LogP contribution < -0.4 is 16.2 Å². The van der Waals surface area contributed by atoms with Gasteiger partial charge >= 0.3 is 6.09 Å². The third-order valence-corrected chi connectivity index (χ3v) is 5.00. The van der Waals surface area contributed by atoms with Crippen molar-refractivity contribution in [2.75, 3.05) is 13.1 Å². The van der Waals surface area contributed by atoms with Crippen LogP contribution in [0.25, 0.3) is 5.52 Å². The predicted molar refractivity (Wildman–Crippen MR) is 125 cm³/mol. The molecule has 2 N–H and O–H groups in total. The van der Waals surface area contributed by atoms with E-state index in [0.29, 0.717) is 31.0 Å². The summed E-state index contributed by atoms with van der Waals surface area (Å²) in [6.45, 7) is 9.20. The summed E-state index contributed by atoms with van der Waals surface area (Å²) >= 11 is 0. The molecule has 0 spiro atoms. The molecular formula is C24H33N5O3. The quantitative estimate of drug-likeness (QED) is 0.498. The molecule has 2 aromatic heterocycles. The number of aromatic nitrogens is 3. The van der Waals surface area contributed by atoms with Gasteiger partial charge in [-0.1, -0.05) is 37.3 Å². The van der Waals surface area contributed by atoms with E-state index < -0.39 is 11.7 Å². The fourth-order valence-corrected chi connectivity index (χ4v) is 3.50. The van der Waals surface area contributed by atoms with Gasteiger partial charge < -0.3 is 15.4 Å². The van der Waals surface area contributed by atoms with Crippen LogP contribution in [0.4, 0.5) is 4.79 Å². The van der Waals surface area contributed by atoms with Crippen molar-refractivity contribution in [1.29, 1.82) is 0 Å². The molecule has 0 saturated carbocycles. The number of nitrogens with zero attached hydrogens (tertiary/aromatic N) is 3. The lowest BCUT2D eigenvalue weighted by Gasteiger charge is -2.22. The van der Waals surface area contributed by atoms with Crippen LogP contribution in [-0.2, 0) is 11.3 Å². The average molecular weight is 440 g/mol. The highest BCUT2D eigenvalue weighted by Crippen LogP contribution is 2.15. The number of ether oxygens (including phenoxy) is 1. The molecule has 0 aliphatic rings. The number of rotatable bonds is 9. The molecule has 1 aromatic carbocycles. The number of hydrogen-bond donors (Lipinski definition) is 2. The number of hydrogen-bond acceptors (Lipinski definition) is 5. The van der Waals surface area contributed by atoms with Gasteiger partial charge in [-0.25, -0.2) is 9.31 Å². The second-order valence-electron chi connectivity index (χ2n) is 8.77. The minimum absolute atomic E-state index is 0.0595. The largest absolute Gasteiger partial charge is 0.444 e. The highest BCUT2D eigenvalue weighted by Gasteiger charge is 2.19. The van der Waals surface area contributed by atoms with Gasteiger partial charge in [-0.15, -0.1) is 0 Å². The monoisotopic (exact) mass is 439 g/mol. The van der Waals surface area contributed by atoms with E-state index in [1.807, 2.05) is 57.2 Å². The minimum atomic E-state index is -0.513. The molecule has 8 nitrogen and oxygen atoms in total. The highest BCUT2D eigenvalue weighted by atomic mass is 16.6. The Morgan fingerprint density at radius 1 is 1.12 bits per heavy atom. The van der Waals surface area contributed by atoms with Gasteiger partial charge in [0.2, 0.25) is 0 Å². The van der Waals surface area contributed by atoms with Crippen molar-refractivity contribution < 1.29 is 9.53 Å². The number of alkyl carbamates (subject to hydrolysis) is 1. The van der Waals surface area contributed by atoms with E-state index in [0.717, 1.165) is 18.4 Å². The van der Waals surface area contributed by atoms with Crippen molar-refractivity contribution in [3.63, 3.8) is 0 Å². The fourth-order valence-electron chi connectivity index (χ4n) is 3.50. The Balaban J connectivity index is 1.71. The van der Waals surface area contributed by atoms with Crippen LogP contribution in [0.1, 0.15) is 58.0 Å². The summed E-state index contributed by atoms with van der Waals surface area (Å²) in [6.07, 6.45) is 2.88. The molecule has 0 bridgehead atoms. The van der Waals surface area contributed by atoms with Crippen molar-refractivity contribution in [1.82, 2.24) is 24.8 Å². The summed E-state index contributed by atoms with van der Waals surface area (Å²) in [5, 5.41) is 11.0. The summed E-state index contributed by atoms with van der Waals surface area (Å²) in [6, 6.07) is 13.4. The van der Waals surface area contributed by atoms with Crippen LogP contribution in [0, 0.1) is 0 Å². The molecule has 0 aliphatic carbocycles. The van der Waals surface area contributed by atoms with Gasteiger partial charge in [-0.2, -0.15) is 5.10 Å². The number of benzene rings is 1. The summed E-state index contributed by atoms with van der Waals surface area (Å²) < 4.78 is 8.65. The lowest BCUT2D eigenvalue weighted by molar-refractivity contribution is 0.0527. The zero-order valence-corrected chi connectivity index (χ0v) is 19.3. The molecule has 8 heteroatoms. The standard InChI is InChI=1S/C24H33N5O3/c1-5-19(25-14-10-15-26-23(31)32-24(2,3)4)21-27-29-16-9-13-20(29)22(30)28(21)17-18-11-7-6-8-12-18/h6-9,11-13,16,19,25H,5,10,14-15,17H2,1-4H3,(H,26,31). The van der Waals surface area contributed by atoms with E-state index in [9.17, 15) is 9.59 Å². The van der Waals surface area contributed by atoms with Gasteiger partial charge in [0.25, 0.3) is 5.56 Å². The van der Waals surface area contributed by atoms with Crippen LogP contribution in [0.2, 0.25) is 0 Å². The maximum absolute atomic E-state index is 13.2. The summed E-state index contributed by atoms with van der Waals surface area (Å²) in [5.74, 6) is 0.699. The van der Waals surface area contributed by atoms with E-state index >= 15 is 0 Å². The second-order valence-corrected chi connectivity index (χ2v) is 8.77. The zero-order valence-electron chi connectivity index (χ0n) is 19.3. The third-order valence-electron chi connectivity index (χ3n) is 5.00. The molecule has 0 radical (unpaired) electrons. The lowest BCUT2D eigenvalue weighted by atomic mass is 10.1. The Bertz CT molecular complexity index is 1080. The molecule has 0 fully saturated rings. The Hall–Kier alpha value is -3.13. The molecule has 2 heterocycles. The first-order chi connectivity index (χ1) is 15.3. The Kier molecular flexibility index (Phi) is 7.69. The van der Waals surface area contributed by atoms with E-state index in [1.165, 1.54) is 0 Å². The van der Waals surface area contributed by atoms with Crippen LogP contribution in [0.15, 0.2) is 53.5 Å². The first-order valence-electron chi connectivity index (χ1n) is 11.1. The number of fused-ring (bicyclic) bond motifs is 1. The molecule has 3 rings (SSSR count). The van der Waals surface area contributed by atoms with Crippen molar-refractivity contribution in [2.45, 2.75) is 58.7 Å². The summed E-state index contributed by atoms with van der Waals surface area (Å²) in [7, 11) is 0. The van der Waals surface area contributed by atoms with E-state index in [1.54, 1.807) is 21.3 Å². The average Bonchev–Trinajstić information content (AvgIpc) is 3.21. The molecular weight excluding hydrogens is 406 g/mol. The van der Waals surface area contributed by atoms with Gasteiger partial charge in [0, 0.05) is 12.7 Å². The van der Waals surface area contributed by atoms with Crippen LogP contribution in [-0.4, -0.2) is 39.0 Å². The van der Waals surface area contributed by atoms with Gasteiger partial charge in [0.1, 0.15) is 16.9 Å². The number of carbonyl (C=O) groups excluding carboxylic acids is 1. The predicted octanol–water partition coefficient (Wildman–Crippen LogP) is 3.50. The lowest BCUT2D eigenvalue weighted by Crippen LogP contribution is -2.36. The van der Waals surface area contributed by atoms with Gasteiger partial charge in [-0.05, 0) is 57.9 Å². The Morgan fingerprint density at radius 2 is 1.88 bits per heavy atom. The van der Waals surface area contributed by atoms with Crippen LogP contribution in [0.5, 0.6) is 0 Å². The van der Waals surface area contributed by atoms with E-state index in [2.05, 4.69) is 17.6 Å². The molecule has 1 unspecified atom stereocenters. The van der Waals surface area contributed by atoms with Crippen molar-refractivity contribution >= 4 is 11.6 Å². The van der Waals surface area contributed by atoms with Gasteiger partial charge in [0.05, 0.1) is 12.6 Å². The third kappa shape index (κ3) is 6.20. The number of carbonyl (C=O) groups is 1. The highest BCUT2D eigenvalue weighted by molar-refractivity contribution is 5.67. The van der Waals surface area contributed by atoms with E-state index in [4.69, 9.17) is 9.84 Å². The minimum Gasteiger partial charge on any atom is -0.444 e. The van der Waals surface area contributed by atoms with Crippen molar-refractivity contribution in [3.8, 4) is 0 Å². The molecule has 1 atom stereocenters. The summed E-state index contributed by atoms with van der Waals surface area (Å²) in [5.41, 5.74) is 1.03. The molecule has 32 heavy (non-hydrogen) atoms. The molecule has 0 aliphatic heterocycles. The molecule has 0 saturated heterocycles. The van der Waals surface area contributed by atoms with Gasteiger partial charge in [0.15, 0.2) is 0 Å². The Labute approximate surface area is 188 Å². The first kappa shape index (κ1) is 23.5. The number of nitrogens with one attached hydrogen (secondary N) is 2. The molecule has 3 aromatic rings. The molecule has 172 valence electrons. The SMILES string of the molecule is CCC(NCCCNC(=O)OC(C)(C)C)c1nn2cccc2c(=O)n1Cc1ccccc1. The maximum Gasteiger partial charge on any atom is 0.407 e. The van der Waals surface area contributed by atoms with Crippen molar-refractivity contribution in [3.05, 3.63) is 70.4 Å². The first-order valence-corrected chi connectivity index (χ1v) is 11.1. The maximum atomic E-state index is 13.2. The fraction of sp³-hybridized carbons (Fsp3) is 0.458. The van der Waals surface area contributed by atoms with E-state index in [-0.39, 0.29) is 11.6 Å². The zero-order chi connectivity index (χ0) is 23.1. The van der Waals surface area contributed by atoms with Gasteiger partial charge in [-0.3, -0.25) is 9.36 Å². The number of amides is 1. The Morgan fingerprint density at radius 3 is 2.56 bits per heavy atom. The normalized spacial score (nSPS) is 12.6. The van der Waals surface area contributed by atoms with Crippen LogP contribution >= 0.6 is 0 Å². The summed E-state index contributed by atoms with van der Waals surface area (Å²) in [4.78, 5) is 25.0.